The molecule has 3 nitrogen and oxygen atoms in total. The van der Waals surface area contributed by atoms with Gasteiger partial charge in [-0.2, -0.15) is 18.3 Å². The second-order valence-electron chi connectivity index (χ2n) is 3.99. The van der Waals surface area contributed by atoms with Crippen molar-refractivity contribution in [3.63, 3.8) is 0 Å². The first-order valence-corrected chi connectivity index (χ1v) is 5.61. The molecule has 0 radical (unpaired) electrons. The average molecular weight is 267 g/mol. The molecule has 17 heavy (non-hydrogen) atoms. The van der Waals surface area contributed by atoms with Crippen LogP contribution in [0.25, 0.3) is 0 Å². The summed E-state index contributed by atoms with van der Waals surface area (Å²) in [7, 11) is 0. The van der Waals surface area contributed by atoms with Crippen LogP contribution in [0.3, 0.4) is 0 Å². The van der Waals surface area contributed by atoms with Gasteiger partial charge in [0.15, 0.2) is 5.69 Å². The van der Waals surface area contributed by atoms with Crippen molar-refractivity contribution in [2.75, 3.05) is 0 Å². The summed E-state index contributed by atoms with van der Waals surface area (Å²) in [5, 5.41) is 2.78. The summed E-state index contributed by atoms with van der Waals surface area (Å²) in [6.07, 6.45) is -2.06. The Morgan fingerprint density at radius 3 is 2.59 bits per heavy atom. The molecule has 1 heterocycles. The first-order valence-electron chi connectivity index (χ1n) is 5.23. The molecule has 1 aliphatic carbocycles. The van der Waals surface area contributed by atoms with Crippen molar-refractivity contribution >= 4 is 16.8 Å². The molecule has 0 saturated heterocycles. The van der Waals surface area contributed by atoms with E-state index in [0.717, 1.165) is 17.5 Å². The minimum atomic E-state index is -4.47. The Morgan fingerprint density at radius 1 is 1.35 bits per heavy atom. The predicted molar refractivity (Wildman–Crippen MR) is 54.7 cm³/mol. The lowest BCUT2D eigenvalue weighted by Gasteiger charge is -2.13. The highest BCUT2D eigenvalue weighted by molar-refractivity contribution is 6.63. The second kappa shape index (κ2) is 4.33. The third-order valence-corrected chi connectivity index (χ3v) is 2.92. The van der Waals surface area contributed by atoms with Gasteiger partial charge in [-0.3, -0.25) is 9.48 Å². The standard InChI is InChI=1S/C10H10ClF3N2O/c11-8(17)5-16-7-4-2-1-3-6(7)9(15-16)10(12,13)14/h1-5H2. The van der Waals surface area contributed by atoms with E-state index in [4.69, 9.17) is 11.6 Å². The number of aromatic nitrogens is 2. The molecule has 2 rings (SSSR count). The van der Waals surface area contributed by atoms with Crippen LogP contribution in [-0.4, -0.2) is 15.0 Å². The Balaban J connectivity index is 2.47. The molecule has 0 bridgehead atoms. The number of halogens is 4. The predicted octanol–water partition coefficient (Wildman–Crippen LogP) is 2.55. The summed E-state index contributed by atoms with van der Waals surface area (Å²) in [6.45, 7) is -0.306. The number of carbonyl (C=O) groups excluding carboxylic acids is 1. The maximum atomic E-state index is 12.7. The van der Waals surface area contributed by atoms with Crippen LogP contribution in [0, 0.1) is 0 Å². The van der Waals surface area contributed by atoms with E-state index < -0.39 is 17.1 Å². The van der Waals surface area contributed by atoms with Gasteiger partial charge in [-0.05, 0) is 37.3 Å². The van der Waals surface area contributed by atoms with Crippen molar-refractivity contribution < 1.29 is 18.0 Å². The topological polar surface area (TPSA) is 34.9 Å². The second-order valence-corrected chi connectivity index (χ2v) is 4.41. The van der Waals surface area contributed by atoms with Crippen molar-refractivity contribution in [3.8, 4) is 0 Å². The average Bonchev–Trinajstić information content (AvgIpc) is 2.56. The molecule has 0 atom stereocenters. The number of rotatable bonds is 2. The number of carbonyl (C=O) groups is 1. The van der Waals surface area contributed by atoms with Crippen LogP contribution >= 0.6 is 11.6 Å². The Hall–Kier alpha value is -1.04. The molecule has 0 amide bonds. The molecule has 0 saturated carbocycles. The molecule has 0 fully saturated rings. The molecule has 0 aliphatic heterocycles. The molecule has 0 spiro atoms. The molecule has 1 aliphatic rings. The van der Waals surface area contributed by atoms with E-state index in [0.29, 0.717) is 18.5 Å². The van der Waals surface area contributed by atoms with E-state index in [1.807, 2.05) is 0 Å². The van der Waals surface area contributed by atoms with Crippen molar-refractivity contribution in [1.82, 2.24) is 9.78 Å². The SMILES string of the molecule is O=C(Cl)Cn1nc(C(F)(F)F)c2c1CCCC2. The molecule has 94 valence electrons. The Labute approximate surface area is 101 Å². The van der Waals surface area contributed by atoms with Gasteiger partial charge in [0.2, 0.25) is 5.24 Å². The van der Waals surface area contributed by atoms with Gasteiger partial charge in [0.25, 0.3) is 0 Å². The third-order valence-electron chi connectivity index (χ3n) is 2.80. The number of alkyl halides is 3. The van der Waals surface area contributed by atoms with Gasteiger partial charge in [0.1, 0.15) is 6.54 Å². The number of hydrogen-bond acceptors (Lipinski definition) is 2. The van der Waals surface area contributed by atoms with E-state index in [1.54, 1.807) is 0 Å². The zero-order chi connectivity index (χ0) is 12.6. The molecular weight excluding hydrogens is 257 g/mol. The van der Waals surface area contributed by atoms with Gasteiger partial charge < -0.3 is 0 Å². The highest BCUT2D eigenvalue weighted by Gasteiger charge is 2.39. The zero-order valence-electron chi connectivity index (χ0n) is 8.85. The van der Waals surface area contributed by atoms with Crippen molar-refractivity contribution in [2.45, 2.75) is 38.4 Å². The van der Waals surface area contributed by atoms with Gasteiger partial charge in [-0.1, -0.05) is 0 Å². The minimum absolute atomic E-state index is 0.224. The normalized spacial score (nSPS) is 15.8. The summed E-state index contributed by atoms with van der Waals surface area (Å²) in [5.41, 5.74) is -0.149. The number of fused-ring (bicyclic) bond motifs is 1. The largest absolute Gasteiger partial charge is 0.435 e. The van der Waals surface area contributed by atoms with Crippen LogP contribution in [0.4, 0.5) is 13.2 Å². The fourth-order valence-electron chi connectivity index (χ4n) is 2.15. The Kier molecular flexibility index (Phi) is 3.16. The van der Waals surface area contributed by atoms with E-state index in [-0.39, 0.29) is 12.1 Å². The lowest BCUT2D eigenvalue weighted by Crippen LogP contribution is -2.12. The molecule has 1 aromatic heterocycles. The van der Waals surface area contributed by atoms with Gasteiger partial charge in [-0.15, -0.1) is 0 Å². The highest BCUT2D eigenvalue weighted by atomic mass is 35.5. The van der Waals surface area contributed by atoms with Gasteiger partial charge in [0.05, 0.1) is 0 Å². The molecule has 1 aromatic rings. The first-order chi connectivity index (χ1) is 7.89. The van der Waals surface area contributed by atoms with Gasteiger partial charge >= 0.3 is 6.18 Å². The fourth-order valence-corrected chi connectivity index (χ4v) is 2.26. The fraction of sp³-hybridized carbons (Fsp3) is 0.600. The highest BCUT2D eigenvalue weighted by Crippen LogP contribution is 2.35. The zero-order valence-corrected chi connectivity index (χ0v) is 9.61. The quantitative estimate of drug-likeness (QED) is 0.771. The first kappa shape index (κ1) is 12.4. The van der Waals surface area contributed by atoms with E-state index in [9.17, 15) is 18.0 Å². The lowest BCUT2D eigenvalue weighted by atomic mass is 9.95. The van der Waals surface area contributed by atoms with Crippen LogP contribution < -0.4 is 0 Å². The summed E-state index contributed by atoms with van der Waals surface area (Å²) >= 11 is 5.20. The molecule has 0 aromatic carbocycles. The molecule has 7 heteroatoms. The van der Waals surface area contributed by atoms with E-state index in [1.165, 1.54) is 0 Å². The molecule has 0 N–H and O–H groups in total. The van der Waals surface area contributed by atoms with Crippen molar-refractivity contribution in [3.05, 3.63) is 17.0 Å². The summed E-state index contributed by atoms with van der Waals surface area (Å²) < 4.78 is 39.3. The Morgan fingerprint density at radius 2 is 2.00 bits per heavy atom. The van der Waals surface area contributed by atoms with Crippen LogP contribution in [-0.2, 0) is 30.4 Å². The van der Waals surface area contributed by atoms with Crippen LogP contribution in [0.15, 0.2) is 0 Å². The molecule has 0 unspecified atom stereocenters. The van der Waals surface area contributed by atoms with Gasteiger partial charge in [0, 0.05) is 11.3 Å². The Bertz CT molecular complexity index is 453. The number of nitrogens with zero attached hydrogens (tertiary/aromatic N) is 2. The maximum absolute atomic E-state index is 12.7. The van der Waals surface area contributed by atoms with E-state index >= 15 is 0 Å². The summed E-state index contributed by atoms with van der Waals surface area (Å²) in [4.78, 5) is 10.8. The smallest absolute Gasteiger partial charge is 0.279 e. The third kappa shape index (κ3) is 2.46. The van der Waals surface area contributed by atoms with E-state index in [2.05, 4.69) is 5.10 Å². The van der Waals surface area contributed by atoms with Crippen molar-refractivity contribution in [1.29, 1.82) is 0 Å². The van der Waals surface area contributed by atoms with Crippen LogP contribution in [0.2, 0.25) is 0 Å². The summed E-state index contributed by atoms with van der Waals surface area (Å²) in [6, 6.07) is 0. The lowest BCUT2D eigenvalue weighted by molar-refractivity contribution is -0.142. The van der Waals surface area contributed by atoms with Crippen molar-refractivity contribution in [2.24, 2.45) is 0 Å². The van der Waals surface area contributed by atoms with Crippen LogP contribution in [0.1, 0.15) is 29.8 Å². The van der Waals surface area contributed by atoms with Gasteiger partial charge in [-0.25, -0.2) is 0 Å². The monoisotopic (exact) mass is 266 g/mol. The maximum Gasteiger partial charge on any atom is 0.435 e. The number of hydrogen-bond donors (Lipinski definition) is 0. The minimum Gasteiger partial charge on any atom is -0.279 e. The van der Waals surface area contributed by atoms with Crippen LogP contribution in [0.5, 0.6) is 0 Å². The summed E-state index contributed by atoms with van der Waals surface area (Å²) in [5.74, 6) is 0. The molecular formula is C10H10ClF3N2O.